The lowest BCUT2D eigenvalue weighted by atomic mass is 10.1. The maximum atomic E-state index is 5.96. The van der Waals surface area contributed by atoms with Crippen LogP contribution in [-0.2, 0) is 0 Å². The molecule has 1 N–H and O–H groups in total. The van der Waals surface area contributed by atoms with Crippen molar-refractivity contribution >= 4 is 44.9 Å². The van der Waals surface area contributed by atoms with E-state index in [0.717, 1.165) is 33.3 Å². The maximum Gasteiger partial charge on any atom is 0.159 e. The predicted octanol–water partition coefficient (Wildman–Crippen LogP) is 6.38. The number of hydrogen-bond donors (Lipinski definition) is 1. The van der Waals surface area contributed by atoms with Gasteiger partial charge in [0.15, 0.2) is 5.58 Å². The number of fused-ring (bicyclic) bond motifs is 5. The summed E-state index contributed by atoms with van der Waals surface area (Å²) < 4.78 is 5.96. The van der Waals surface area contributed by atoms with Crippen LogP contribution in [0.4, 0.5) is 0 Å². The number of furan rings is 1. The van der Waals surface area contributed by atoms with Crippen molar-refractivity contribution in [1.29, 1.82) is 0 Å². The molecule has 0 unspecified atom stereocenters. The highest BCUT2D eigenvalue weighted by atomic mass is 16.3. The molecule has 0 atom stereocenters. The molecule has 2 heterocycles. The van der Waals surface area contributed by atoms with Gasteiger partial charge in [0.1, 0.15) is 5.76 Å². The van der Waals surface area contributed by atoms with Gasteiger partial charge in [-0.05, 0) is 18.2 Å². The summed E-state index contributed by atoms with van der Waals surface area (Å²) in [6.07, 6.45) is 3.54. The highest BCUT2D eigenvalue weighted by molar-refractivity contribution is 6.16. The van der Waals surface area contributed by atoms with Gasteiger partial charge in [-0.3, -0.25) is 0 Å². The standard InChI is InChI=1S/C18H13NO.C2H6/c1-3-11-14-10-9-13-12-7-5-6-8-15(12)19-17(13)18(14)20-16(11)4-2;1-2/h3-10,19H,1-2H2;1-2H3. The second-order valence-electron chi connectivity index (χ2n) is 4.82. The molecule has 0 aliphatic heterocycles. The van der Waals surface area contributed by atoms with Crippen molar-refractivity contribution in [2.75, 3.05) is 0 Å². The number of benzene rings is 2. The third kappa shape index (κ3) is 1.88. The van der Waals surface area contributed by atoms with Crippen LogP contribution in [0.25, 0.3) is 44.9 Å². The predicted molar refractivity (Wildman–Crippen MR) is 97.1 cm³/mol. The Kier molecular flexibility index (Phi) is 3.60. The molecule has 2 aromatic heterocycles. The average Bonchev–Trinajstić information content (AvgIpc) is 3.13. The Morgan fingerprint density at radius 2 is 1.64 bits per heavy atom. The van der Waals surface area contributed by atoms with Crippen LogP contribution < -0.4 is 0 Å². The second-order valence-corrected chi connectivity index (χ2v) is 4.82. The van der Waals surface area contributed by atoms with Crippen LogP contribution in [0.3, 0.4) is 0 Å². The molecule has 0 radical (unpaired) electrons. The zero-order valence-corrected chi connectivity index (χ0v) is 12.9. The summed E-state index contributed by atoms with van der Waals surface area (Å²) in [5.41, 5.74) is 4.01. The summed E-state index contributed by atoms with van der Waals surface area (Å²) in [7, 11) is 0. The molecule has 2 heteroatoms. The Morgan fingerprint density at radius 3 is 2.36 bits per heavy atom. The van der Waals surface area contributed by atoms with Crippen molar-refractivity contribution in [2.45, 2.75) is 13.8 Å². The lowest BCUT2D eigenvalue weighted by molar-refractivity contribution is 0.606. The van der Waals surface area contributed by atoms with Crippen LogP contribution in [0, 0.1) is 0 Å². The Bertz CT molecular complexity index is 985. The third-order valence-electron chi connectivity index (χ3n) is 3.79. The van der Waals surface area contributed by atoms with Crippen molar-refractivity contribution in [2.24, 2.45) is 0 Å². The van der Waals surface area contributed by atoms with Gasteiger partial charge >= 0.3 is 0 Å². The lowest BCUT2D eigenvalue weighted by Crippen LogP contribution is -1.72. The number of H-pyrrole nitrogens is 1. The largest absolute Gasteiger partial charge is 0.454 e. The summed E-state index contributed by atoms with van der Waals surface area (Å²) in [5, 5.41) is 3.45. The Balaban J connectivity index is 0.000000693. The number of hydrogen-bond acceptors (Lipinski definition) is 1. The molecule has 0 saturated heterocycles. The fourth-order valence-electron chi connectivity index (χ4n) is 2.87. The van der Waals surface area contributed by atoms with E-state index in [0.29, 0.717) is 0 Å². The van der Waals surface area contributed by atoms with E-state index in [1.807, 2.05) is 32.1 Å². The second kappa shape index (κ2) is 5.57. The molecule has 110 valence electrons. The van der Waals surface area contributed by atoms with Gasteiger partial charge in [0, 0.05) is 27.2 Å². The van der Waals surface area contributed by atoms with Gasteiger partial charge in [-0.1, -0.05) is 57.3 Å². The van der Waals surface area contributed by atoms with E-state index < -0.39 is 0 Å². The highest BCUT2D eigenvalue weighted by Crippen LogP contribution is 2.35. The molecule has 22 heavy (non-hydrogen) atoms. The van der Waals surface area contributed by atoms with Crippen molar-refractivity contribution in [1.82, 2.24) is 4.98 Å². The van der Waals surface area contributed by atoms with Crippen LogP contribution in [0.1, 0.15) is 25.2 Å². The Morgan fingerprint density at radius 1 is 0.909 bits per heavy atom. The molecular formula is C20H19NO. The zero-order valence-electron chi connectivity index (χ0n) is 12.9. The monoisotopic (exact) mass is 289 g/mol. The van der Waals surface area contributed by atoms with Crippen LogP contribution in [0.15, 0.2) is 54.0 Å². The molecule has 0 amide bonds. The molecule has 0 saturated carbocycles. The van der Waals surface area contributed by atoms with Crippen molar-refractivity contribution in [3.05, 3.63) is 60.9 Å². The Hall–Kier alpha value is -2.74. The normalized spacial score (nSPS) is 10.6. The molecule has 4 rings (SSSR count). The highest BCUT2D eigenvalue weighted by Gasteiger charge is 2.14. The summed E-state index contributed by atoms with van der Waals surface area (Å²) in [6, 6.07) is 12.5. The quantitative estimate of drug-likeness (QED) is 0.455. The molecule has 2 aromatic carbocycles. The van der Waals surface area contributed by atoms with Gasteiger partial charge in [-0.2, -0.15) is 0 Å². The fourth-order valence-corrected chi connectivity index (χ4v) is 2.87. The van der Waals surface area contributed by atoms with E-state index in [4.69, 9.17) is 4.42 Å². The summed E-state index contributed by atoms with van der Waals surface area (Å²) in [4.78, 5) is 3.45. The first-order chi connectivity index (χ1) is 10.8. The van der Waals surface area contributed by atoms with Crippen LogP contribution >= 0.6 is 0 Å². The zero-order chi connectivity index (χ0) is 15.7. The van der Waals surface area contributed by atoms with E-state index >= 15 is 0 Å². The van der Waals surface area contributed by atoms with E-state index in [9.17, 15) is 0 Å². The van der Waals surface area contributed by atoms with E-state index in [1.54, 1.807) is 6.08 Å². The molecule has 0 aliphatic carbocycles. The van der Waals surface area contributed by atoms with Crippen molar-refractivity contribution in [3.8, 4) is 0 Å². The number of aromatic nitrogens is 1. The SMILES string of the molecule is C=Cc1oc2c(ccc3c4ccccc4[nH]c32)c1C=C.CC. The number of nitrogens with one attached hydrogen (secondary N) is 1. The number of rotatable bonds is 2. The topological polar surface area (TPSA) is 28.9 Å². The maximum absolute atomic E-state index is 5.96. The van der Waals surface area contributed by atoms with E-state index in [1.165, 1.54) is 10.8 Å². The molecule has 0 fully saturated rings. The summed E-state index contributed by atoms with van der Waals surface area (Å²) >= 11 is 0. The van der Waals surface area contributed by atoms with E-state index in [2.05, 4.69) is 42.4 Å². The molecule has 4 aromatic rings. The molecule has 2 nitrogen and oxygen atoms in total. The van der Waals surface area contributed by atoms with Gasteiger partial charge in [0.2, 0.25) is 0 Å². The van der Waals surface area contributed by atoms with Gasteiger partial charge in [-0.15, -0.1) is 0 Å². The van der Waals surface area contributed by atoms with Crippen molar-refractivity contribution < 1.29 is 4.42 Å². The third-order valence-corrected chi connectivity index (χ3v) is 3.79. The van der Waals surface area contributed by atoms with E-state index in [-0.39, 0.29) is 0 Å². The Labute approximate surface area is 129 Å². The van der Waals surface area contributed by atoms with Crippen LogP contribution in [0.5, 0.6) is 0 Å². The molecule has 0 bridgehead atoms. The minimum atomic E-state index is 0.765. The molecule has 0 spiro atoms. The average molecular weight is 289 g/mol. The fraction of sp³-hybridized carbons (Fsp3) is 0.100. The minimum absolute atomic E-state index is 0.765. The van der Waals surface area contributed by atoms with Crippen LogP contribution in [-0.4, -0.2) is 4.98 Å². The summed E-state index contributed by atoms with van der Waals surface area (Å²) in [5.74, 6) is 0.765. The first-order valence-corrected chi connectivity index (χ1v) is 7.54. The molecule has 0 aliphatic rings. The first kappa shape index (κ1) is 14.2. The summed E-state index contributed by atoms with van der Waals surface area (Å²) in [6.45, 7) is 11.7. The molecular weight excluding hydrogens is 270 g/mol. The van der Waals surface area contributed by atoms with Gasteiger partial charge in [0.25, 0.3) is 0 Å². The van der Waals surface area contributed by atoms with Crippen LogP contribution in [0.2, 0.25) is 0 Å². The lowest BCUT2D eigenvalue weighted by Gasteiger charge is -1.93. The minimum Gasteiger partial charge on any atom is -0.454 e. The number of aromatic amines is 1. The number of para-hydroxylation sites is 1. The van der Waals surface area contributed by atoms with Gasteiger partial charge < -0.3 is 9.40 Å². The first-order valence-electron chi connectivity index (χ1n) is 7.54. The smallest absolute Gasteiger partial charge is 0.159 e. The van der Waals surface area contributed by atoms with Crippen molar-refractivity contribution in [3.63, 3.8) is 0 Å². The van der Waals surface area contributed by atoms with Gasteiger partial charge in [-0.25, -0.2) is 0 Å². The van der Waals surface area contributed by atoms with Gasteiger partial charge in [0.05, 0.1) is 5.52 Å².